The van der Waals surface area contributed by atoms with Gasteiger partial charge in [0.05, 0.1) is 18.5 Å². The van der Waals surface area contributed by atoms with Gasteiger partial charge in [-0.25, -0.2) is 8.42 Å². The molecule has 0 spiro atoms. The lowest BCUT2D eigenvalue weighted by Gasteiger charge is -2.32. The number of aliphatic hydroxyl groups excluding tert-OH is 1. The highest BCUT2D eigenvalue weighted by Crippen LogP contribution is 2.40. The highest BCUT2D eigenvalue weighted by molar-refractivity contribution is 9.10. The van der Waals surface area contributed by atoms with E-state index in [1.165, 1.54) is 6.26 Å². The molecule has 0 amide bonds. The first-order chi connectivity index (χ1) is 9.82. The Morgan fingerprint density at radius 1 is 1.38 bits per heavy atom. The van der Waals surface area contributed by atoms with Crippen LogP contribution < -0.4 is 4.74 Å². The number of methoxy groups -OCH3 is 1. The Kier molecular flexibility index (Phi) is 5.33. The van der Waals surface area contributed by atoms with Gasteiger partial charge in [-0.3, -0.25) is 0 Å². The van der Waals surface area contributed by atoms with Crippen molar-refractivity contribution in [1.29, 1.82) is 0 Å². The highest BCUT2D eigenvalue weighted by atomic mass is 79.9. The Morgan fingerprint density at radius 3 is 2.71 bits per heavy atom. The topological polar surface area (TPSA) is 63.6 Å². The van der Waals surface area contributed by atoms with Gasteiger partial charge in [0.1, 0.15) is 15.6 Å². The zero-order valence-electron chi connectivity index (χ0n) is 12.3. The van der Waals surface area contributed by atoms with Crippen molar-refractivity contribution in [2.75, 3.05) is 13.4 Å². The molecule has 21 heavy (non-hydrogen) atoms. The summed E-state index contributed by atoms with van der Waals surface area (Å²) in [6.45, 7) is 0. The quantitative estimate of drug-likeness (QED) is 0.876. The third-order valence-corrected chi connectivity index (χ3v) is 6.36. The molecule has 3 unspecified atom stereocenters. The average Bonchev–Trinajstić information content (AvgIpc) is 2.45. The van der Waals surface area contributed by atoms with Crippen LogP contribution in [-0.2, 0) is 9.84 Å². The van der Waals surface area contributed by atoms with Crippen LogP contribution in [0.2, 0.25) is 0 Å². The number of aliphatic hydroxyl groups is 1. The molecule has 118 valence electrons. The summed E-state index contributed by atoms with van der Waals surface area (Å²) < 4.78 is 29.7. The van der Waals surface area contributed by atoms with Crippen molar-refractivity contribution < 1.29 is 18.3 Å². The van der Waals surface area contributed by atoms with E-state index in [4.69, 9.17) is 4.74 Å². The summed E-state index contributed by atoms with van der Waals surface area (Å²) in [5.74, 6) is 0.578. The summed E-state index contributed by atoms with van der Waals surface area (Å²) in [4.78, 5) is 0. The largest absolute Gasteiger partial charge is 0.496 e. The number of benzene rings is 1. The van der Waals surface area contributed by atoms with Gasteiger partial charge in [0.2, 0.25) is 0 Å². The first kappa shape index (κ1) is 16.8. The van der Waals surface area contributed by atoms with Gasteiger partial charge >= 0.3 is 0 Å². The monoisotopic (exact) mass is 376 g/mol. The maximum absolute atomic E-state index is 11.8. The maximum Gasteiger partial charge on any atom is 0.150 e. The van der Waals surface area contributed by atoms with Crippen LogP contribution in [0.15, 0.2) is 22.7 Å². The van der Waals surface area contributed by atoms with E-state index < -0.39 is 15.9 Å². The van der Waals surface area contributed by atoms with Crippen LogP contribution in [0.4, 0.5) is 0 Å². The molecule has 0 radical (unpaired) electrons. The summed E-state index contributed by atoms with van der Waals surface area (Å²) in [7, 11) is -1.48. The number of hydrogen-bond acceptors (Lipinski definition) is 4. The molecule has 1 aliphatic rings. The van der Waals surface area contributed by atoms with Crippen LogP contribution in [0.5, 0.6) is 5.75 Å². The second-order valence-electron chi connectivity index (χ2n) is 5.71. The van der Waals surface area contributed by atoms with Gasteiger partial charge in [0.15, 0.2) is 0 Å². The summed E-state index contributed by atoms with van der Waals surface area (Å²) in [6.07, 6.45) is 3.44. The Morgan fingerprint density at radius 2 is 2.10 bits per heavy atom. The highest BCUT2D eigenvalue weighted by Gasteiger charge is 2.33. The maximum atomic E-state index is 11.8. The lowest BCUT2D eigenvalue weighted by atomic mass is 9.82. The van der Waals surface area contributed by atoms with Crippen LogP contribution in [0.1, 0.15) is 37.4 Å². The van der Waals surface area contributed by atoms with Crippen molar-refractivity contribution in [2.45, 2.75) is 37.0 Å². The second-order valence-corrected chi connectivity index (χ2v) is 8.95. The second kappa shape index (κ2) is 6.67. The number of ether oxygens (including phenoxy) is 1. The summed E-state index contributed by atoms with van der Waals surface area (Å²) in [6, 6.07) is 5.50. The number of halogens is 1. The van der Waals surface area contributed by atoms with E-state index in [0.29, 0.717) is 24.2 Å². The SMILES string of the molecule is COc1ccc(Br)cc1C(O)C1CCCC(S(C)(=O)=O)C1. The van der Waals surface area contributed by atoms with Crippen LogP contribution in [0.25, 0.3) is 0 Å². The lowest BCUT2D eigenvalue weighted by molar-refractivity contribution is 0.0833. The molecule has 1 N–H and O–H groups in total. The first-order valence-corrected chi connectivity index (χ1v) is 9.78. The molecule has 0 aromatic heterocycles. The smallest absolute Gasteiger partial charge is 0.150 e. The predicted molar refractivity (Wildman–Crippen MR) is 86.2 cm³/mol. The fraction of sp³-hybridized carbons (Fsp3) is 0.600. The molecule has 2 rings (SSSR count). The van der Waals surface area contributed by atoms with Gasteiger partial charge < -0.3 is 9.84 Å². The van der Waals surface area contributed by atoms with Crippen molar-refractivity contribution in [3.05, 3.63) is 28.2 Å². The van der Waals surface area contributed by atoms with Crippen molar-refractivity contribution in [3.63, 3.8) is 0 Å². The lowest BCUT2D eigenvalue weighted by Crippen LogP contribution is -2.30. The van der Waals surface area contributed by atoms with Gasteiger partial charge in [-0.2, -0.15) is 0 Å². The molecular weight excluding hydrogens is 356 g/mol. The third-order valence-electron chi connectivity index (χ3n) is 4.23. The summed E-state index contributed by atoms with van der Waals surface area (Å²) >= 11 is 3.40. The molecule has 0 bridgehead atoms. The predicted octanol–water partition coefficient (Wildman–Crippen LogP) is 3.09. The molecule has 1 aliphatic carbocycles. The van der Waals surface area contributed by atoms with E-state index in [0.717, 1.165) is 17.3 Å². The molecule has 1 aromatic rings. The Balaban J connectivity index is 2.23. The van der Waals surface area contributed by atoms with E-state index in [2.05, 4.69) is 15.9 Å². The Hall–Kier alpha value is -0.590. The van der Waals surface area contributed by atoms with Gasteiger partial charge in [-0.1, -0.05) is 22.4 Å². The van der Waals surface area contributed by atoms with Crippen molar-refractivity contribution in [1.82, 2.24) is 0 Å². The van der Waals surface area contributed by atoms with Crippen LogP contribution >= 0.6 is 15.9 Å². The number of rotatable bonds is 4. The fourth-order valence-electron chi connectivity index (χ4n) is 3.05. The number of hydrogen-bond donors (Lipinski definition) is 1. The molecule has 6 heteroatoms. The molecule has 0 saturated heterocycles. The van der Waals surface area contributed by atoms with Crippen LogP contribution in [0.3, 0.4) is 0 Å². The van der Waals surface area contributed by atoms with Gasteiger partial charge in [-0.15, -0.1) is 0 Å². The van der Waals surface area contributed by atoms with E-state index in [1.807, 2.05) is 12.1 Å². The van der Waals surface area contributed by atoms with Crippen molar-refractivity contribution in [2.24, 2.45) is 5.92 Å². The summed E-state index contributed by atoms with van der Waals surface area (Å²) in [5.41, 5.74) is 0.714. The zero-order valence-corrected chi connectivity index (χ0v) is 14.7. The zero-order chi connectivity index (χ0) is 15.6. The van der Waals surface area contributed by atoms with E-state index in [1.54, 1.807) is 13.2 Å². The van der Waals surface area contributed by atoms with E-state index >= 15 is 0 Å². The molecule has 0 aliphatic heterocycles. The Labute approximate surface area is 134 Å². The molecular formula is C15H21BrO4S. The average molecular weight is 377 g/mol. The molecule has 3 atom stereocenters. The standard InChI is InChI=1S/C15H21BrO4S/c1-20-14-7-6-11(16)9-13(14)15(17)10-4-3-5-12(8-10)21(2,18)19/h6-7,9-10,12,15,17H,3-5,8H2,1-2H3. The minimum Gasteiger partial charge on any atom is -0.496 e. The van der Waals surface area contributed by atoms with Crippen LogP contribution in [-0.4, -0.2) is 32.1 Å². The normalized spacial score (nSPS) is 24.6. The number of sulfone groups is 1. The fourth-order valence-corrected chi connectivity index (χ4v) is 4.62. The van der Waals surface area contributed by atoms with E-state index in [9.17, 15) is 13.5 Å². The molecule has 1 saturated carbocycles. The minimum absolute atomic E-state index is 0.0540. The van der Waals surface area contributed by atoms with E-state index in [-0.39, 0.29) is 11.2 Å². The minimum atomic E-state index is -3.05. The third kappa shape index (κ3) is 3.99. The van der Waals surface area contributed by atoms with Crippen molar-refractivity contribution >= 4 is 25.8 Å². The van der Waals surface area contributed by atoms with Gasteiger partial charge in [0.25, 0.3) is 0 Å². The van der Waals surface area contributed by atoms with Gasteiger partial charge in [0, 0.05) is 16.3 Å². The van der Waals surface area contributed by atoms with Gasteiger partial charge in [-0.05, 0) is 43.4 Å². The molecule has 0 heterocycles. The first-order valence-electron chi connectivity index (χ1n) is 7.03. The summed E-state index contributed by atoms with van der Waals surface area (Å²) in [5, 5.41) is 10.3. The molecule has 1 fully saturated rings. The van der Waals surface area contributed by atoms with Crippen LogP contribution in [0, 0.1) is 5.92 Å². The van der Waals surface area contributed by atoms with Crippen molar-refractivity contribution in [3.8, 4) is 5.75 Å². The molecule has 4 nitrogen and oxygen atoms in total. The Bertz CT molecular complexity index is 600. The molecule has 1 aromatic carbocycles.